The van der Waals surface area contributed by atoms with Gasteiger partial charge in [0.15, 0.2) is 0 Å². The highest BCUT2D eigenvalue weighted by molar-refractivity contribution is 7.93. The minimum atomic E-state index is -3.96. The van der Waals surface area contributed by atoms with Crippen molar-refractivity contribution in [3.05, 3.63) is 52.5 Å². The lowest BCUT2D eigenvalue weighted by atomic mass is 10.4. The van der Waals surface area contributed by atoms with Gasteiger partial charge in [-0.2, -0.15) is 4.39 Å². The normalized spacial score (nSPS) is 11.3. The number of aromatic nitrogens is 1. The Kier molecular flexibility index (Phi) is 3.93. The van der Waals surface area contributed by atoms with Gasteiger partial charge in [0.05, 0.1) is 21.9 Å². The van der Waals surface area contributed by atoms with E-state index in [9.17, 15) is 12.8 Å². The second-order valence-corrected chi connectivity index (χ2v) is 5.96. The number of nitrogens with zero attached hydrogens (tertiary/aromatic N) is 1. The second-order valence-electron chi connectivity index (χ2n) is 3.53. The molecule has 2 aromatic rings. The number of rotatable bonds is 3. The summed E-state index contributed by atoms with van der Waals surface area (Å²) >= 11 is 11.7. The lowest BCUT2D eigenvalue weighted by molar-refractivity contribution is 0.583. The van der Waals surface area contributed by atoms with Gasteiger partial charge in [0.25, 0.3) is 10.0 Å². The van der Waals surface area contributed by atoms with Crippen molar-refractivity contribution in [1.82, 2.24) is 4.98 Å². The Bertz CT molecular complexity index is 685. The third kappa shape index (κ3) is 3.15. The van der Waals surface area contributed by atoms with Crippen molar-refractivity contribution in [1.29, 1.82) is 0 Å². The maximum absolute atomic E-state index is 12.6. The summed E-state index contributed by atoms with van der Waals surface area (Å²) in [6, 6.07) is 6.62. The lowest BCUT2D eigenvalue weighted by Gasteiger charge is -2.10. The predicted molar refractivity (Wildman–Crippen MR) is 71.5 cm³/mol. The SMILES string of the molecule is O=S(=O)(Nc1ccc(F)nc1)c1c(Cl)cccc1Cl. The first-order valence-electron chi connectivity index (χ1n) is 4.98. The van der Waals surface area contributed by atoms with Crippen LogP contribution in [-0.2, 0) is 10.0 Å². The summed E-state index contributed by atoms with van der Waals surface area (Å²) in [5.74, 6) is -0.710. The Labute approximate surface area is 119 Å². The predicted octanol–water partition coefficient (Wildman–Crippen LogP) is 3.33. The molecular weight excluding hydrogens is 314 g/mol. The van der Waals surface area contributed by atoms with E-state index in [-0.39, 0.29) is 20.6 Å². The molecule has 0 aliphatic rings. The van der Waals surface area contributed by atoms with Crippen LogP contribution in [0.1, 0.15) is 0 Å². The van der Waals surface area contributed by atoms with E-state index in [1.54, 1.807) is 0 Å². The molecule has 0 fully saturated rings. The summed E-state index contributed by atoms with van der Waals surface area (Å²) in [4.78, 5) is 3.11. The molecule has 0 aliphatic carbocycles. The van der Waals surface area contributed by atoms with Gasteiger partial charge in [0, 0.05) is 0 Å². The zero-order valence-corrected chi connectivity index (χ0v) is 11.6. The van der Waals surface area contributed by atoms with E-state index in [2.05, 4.69) is 9.71 Å². The number of pyridine rings is 1. The molecule has 0 atom stereocenters. The topological polar surface area (TPSA) is 59.1 Å². The second kappa shape index (κ2) is 5.32. The molecule has 0 spiro atoms. The molecule has 0 unspecified atom stereocenters. The van der Waals surface area contributed by atoms with Crippen LogP contribution in [0.25, 0.3) is 0 Å². The van der Waals surface area contributed by atoms with Crippen molar-refractivity contribution in [2.75, 3.05) is 4.72 Å². The molecule has 1 heterocycles. The number of sulfonamides is 1. The van der Waals surface area contributed by atoms with E-state index in [0.717, 1.165) is 12.3 Å². The summed E-state index contributed by atoms with van der Waals surface area (Å²) < 4.78 is 39.1. The molecule has 1 aromatic carbocycles. The van der Waals surface area contributed by atoms with Crippen LogP contribution in [0.4, 0.5) is 10.1 Å². The molecule has 0 saturated carbocycles. The highest BCUT2D eigenvalue weighted by atomic mass is 35.5. The average molecular weight is 321 g/mol. The van der Waals surface area contributed by atoms with E-state index in [1.807, 2.05) is 0 Å². The van der Waals surface area contributed by atoms with Crippen LogP contribution in [0.3, 0.4) is 0 Å². The molecule has 0 amide bonds. The van der Waals surface area contributed by atoms with Crippen molar-refractivity contribution in [3.8, 4) is 0 Å². The first kappa shape index (κ1) is 14.0. The summed E-state index contributed by atoms with van der Waals surface area (Å²) in [6.07, 6.45) is 1.05. The van der Waals surface area contributed by atoms with Crippen LogP contribution >= 0.6 is 23.2 Å². The Morgan fingerprint density at radius 2 is 1.74 bits per heavy atom. The standard InChI is InChI=1S/C11H7Cl2FN2O2S/c12-8-2-1-3-9(13)11(8)19(17,18)16-7-4-5-10(14)15-6-7/h1-6,16H. The van der Waals surface area contributed by atoms with Crippen LogP contribution in [0.5, 0.6) is 0 Å². The van der Waals surface area contributed by atoms with Crippen LogP contribution < -0.4 is 4.72 Å². The summed E-state index contributed by atoms with van der Waals surface area (Å²) in [5, 5.41) is -0.00913. The van der Waals surface area contributed by atoms with Crippen molar-refractivity contribution in [3.63, 3.8) is 0 Å². The molecule has 1 aromatic heterocycles. The van der Waals surface area contributed by atoms with Gasteiger partial charge in [-0.1, -0.05) is 29.3 Å². The molecule has 1 N–H and O–H groups in total. The van der Waals surface area contributed by atoms with E-state index >= 15 is 0 Å². The molecular formula is C11H7Cl2FN2O2S. The summed E-state index contributed by atoms with van der Waals surface area (Å²) in [5.41, 5.74) is 0.109. The van der Waals surface area contributed by atoms with Gasteiger partial charge in [-0.3, -0.25) is 4.72 Å². The van der Waals surface area contributed by atoms with Gasteiger partial charge in [0.2, 0.25) is 5.95 Å². The van der Waals surface area contributed by atoms with E-state index in [4.69, 9.17) is 23.2 Å². The highest BCUT2D eigenvalue weighted by Gasteiger charge is 2.21. The number of benzene rings is 1. The number of halogens is 3. The third-order valence-electron chi connectivity index (χ3n) is 2.17. The van der Waals surface area contributed by atoms with Gasteiger partial charge in [-0.25, -0.2) is 13.4 Å². The molecule has 0 saturated heterocycles. The highest BCUT2D eigenvalue weighted by Crippen LogP contribution is 2.30. The smallest absolute Gasteiger partial charge is 0.264 e. The molecule has 0 radical (unpaired) electrons. The molecule has 19 heavy (non-hydrogen) atoms. The fourth-order valence-electron chi connectivity index (χ4n) is 1.38. The number of hydrogen-bond acceptors (Lipinski definition) is 3. The zero-order valence-electron chi connectivity index (χ0n) is 9.27. The van der Waals surface area contributed by atoms with Crippen molar-refractivity contribution in [2.24, 2.45) is 0 Å². The van der Waals surface area contributed by atoms with E-state index in [1.165, 1.54) is 24.3 Å². The molecule has 0 aliphatic heterocycles. The van der Waals surface area contributed by atoms with Crippen LogP contribution in [-0.4, -0.2) is 13.4 Å². The monoisotopic (exact) mass is 320 g/mol. The first-order valence-corrected chi connectivity index (χ1v) is 7.22. The Morgan fingerprint density at radius 1 is 1.11 bits per heavy atom. The van der Waals surface area contributed by atoms with Gasteiger partial charge >= 0.3 is 0 Å². The zero-order chi connectivity index (χ0) is 14.0. The van der Waals surface area contributed by atoms with Crippen molar-refractivity contribution >= 4 is 38.9 Å². The Balaban J connectivity index is 2.41. The molecule has 0 bridgehead atoms. The van der Waals surface area contributed by atoms with Gasteiger partial charge in [-0.15, -0.1) is 0 Å². The van der Waals surface area contributed by atoms with E-state index in [0.29, 0.717) is 0 Å². The quantitative estimate of drug-likeness (QED) is 0.882. The Morgan fingerprint density at radius 3 is 2.26 bits per heavy atom. The third-order valence-corrected chi connectivity index (χ3v) is 4.50. The number of anilines is 1. The van der Waals surface area contributed by atoms with Gasteiger partial charge in [0.1, 0.15) is 4.90 Å². The summed E-state index contributed by atoms with van der Waals surface area (Å²) in [6.45, 7) is 0. The molecule has 8 heteroatoms. The van der Waals surface area contributed by atoms with Crippen LogP contribution in [0.2, 0.25) is 10.0 Å². The molecule has 4 nitrogen and oxygen atoms in total. The number of hydrogen-bond donors (Lipinski definition) is 1. The van der Waals surface area contributed by atoms with E-state index < -0.39 is 16.0 Å². The minimum absolute atomic E-state index is 0.00456. The van der Waals surface area contributed by atoms with Crippen LogP contribution in [0, 0.1) is 5.95 Å². The van der Waals surface area contributed by atoms with Crippen molar-refractivity contribution < 1.29 is 12.8 Å². The maximum Gasteiger partial charge on any atom is 0.264 e. The van der Waals surface area contributed by atoms with Crippen molar-refractivity contribution in [2.45, 2.75) is 4.90 Å². The maximum atomic E-state index is 12.6. The largest absolute Gasteiger partial charge is 0.278 e. The summed E-state index contributed by atoms with van der Waals surface area (Å²) in [7, 11) is -3.96. The van der Waals surface area contributed by atoms with Gasteiger partial charge < -0.3 is 0 Å². The average Bonchev–Trinajstić information content (AvgIpc) is 2.31. The fraction of sp³-hybridized carbons (Fsp3) is 0. The fourth-order valence-corrected chi connectivity index (χ4v) is 3.57. The first-order chi connectivity index (χ1) is 8.90. The number of nitrogens with one attached hydrogen (secondary N) is 1. The Hall–Kier alpha value is -1.37. The lowest BCUT2D eigenvalue weighted by Crippen LogP contribution is -2.14. The minimum Gasteiger partial charge on any atom is -0.278 e. The molecule has 100 valence electrons. The van der Waals surface area contributed by atoms with Gasteiger partial charge in [-0.05, 0) is 24.3 Å². The molecule has 2 rings (SSSR count). The van der Waals surface area contributed by atoms with Crippen LogP contribution in [0.15, 0.2) is 41.4 Å².